The van der Waals surface area contributed by atoms with Gasteiger partial charge in [0.05, 0.1) is 11.9 Å². The molecule has 1 aromatic heterocycles. The first-order chi connectivity index (χ1) is 12.0. The maximum Gasteiger partial charge on any atom is 0.229 e. The summed E-state index contributed by atoms with van der Waals surface area (Å²) < 4.78 is 1.50. The van der Waals surface area contributed by atoms with E-state index >= 15 is 0 Å². The van der Waals surface area contributed by atoms with Crippen LogP contribution in [0.3, 0.4) is 0 Å². The Bertz CT molecular complexity index is 959. The fourth-order valence-electron chi connectivity index (χ4n) is 2.92. The third-order valence-electron chi connectivity index (χ3n) is 4.09. The van der Waals surface area contributed by atoms with Crippen LogP contribution in [-0.2, 0) is 6.54 Å². The summed E-state index contributed by atoms with van der Waals surface area (Å²) in [6.07, 6.45) is 1.14. The molecule has 0 spiro atoms. The van der Waals surface area contributed by atoms with Crippen LogP contribution >= 0.6 is 0 Å². The van der Waals surface area contributed by atoms with Crippen LogP contribution in [0.5, 0.6) is 0 Å². The van der Waals surface area contributed by atoms with Gasteiger partial charge in [-0.3, -0.25) is 15.4 Å². The van der Waals surface area contributed by atoms with Crippen LogP contribution in [-0.4, -0.2) is 41.9 Å². The second-order valence-electron chi connectivity index (χ2n) is 6.24. The normalized spacial score (nSPS) is 11.0. The van der Waals surface area contributed by atoms with Crippen LogP contribution in [0.25, 0.3) is 10.9 Å². The molecule has 6 heteroatoms. The zero-order valence-electron chi connectivity index (χ0n) is 14.7. The molecule has 0 fully saturated rings. The zero-order valence-corrected chi connectivity index (χ0v) is 14.7. The first-order valence-corrected chi connectivity index (χ1v) is 8.05. The minimum Gasteiger partial charge on any atom is -0.329 e. The van der Waals surface area contributed by atoms with Gasteiger partial charge in [-0.05, 0) is 43.9 Å². The molecular weight excluding hydrogens is 312 g/mol. The first-order valence-electron chi connectivity index (χ1n) is 8.05. The number of para-hydroxylation sites is 1. The maximum absolute atomic E-state index is 8.23. The molecule has 3 rings (SSSR count). The minimum atomic E-state index is 0.0438. The average Bonchev–Trinajstić information content (AvgIpc) is 2.60. The predicted molar refractivity (Wildman–Crippen MR) is 102 cm³/mol. The number of anilines is 2. The highest BCUT2D eigenvalue weighted by Crippen LogP contribution is 2.28. The summed E-state index contributed by atoms with van der Waals surface area (Å²) in [5.74, 6) is 0.709. The molecule has 128 valence electrons. The molecule has 2 N–H and O–H groups in total. The number of rotatable bonds is 5. The highest BCUT2D eigenvalue weighted by atomic mass is 15.2. The summed E-state index contributed by atoms with van der Waals surface area (Å²) >= 11 is 0. The summed E-state index contributed by atoms with van der Waals surface area (Å²) in [6, 6.07) is 16.1. The molecule has 1 heterocycles. The molecule has 0 saturated heterocycles. The molecule has 0 aliphatic rings. The first kappa shape index (κ1) is 16.9. The Morgan fingerprint density at radius 1 is 1.08 bits per heavy atom. The van der Waals surface area contributed by atoms with Gasteiger partial charge in [0.2, 0.25) is 5.62 Å². The summed E-state index contributed by atoms with van der Waals surface area (Å²) in [6.45, 7) is 0.799. The summed E-state index contributed by atoms with van der Waals surface area (Å²) in [5.41, 5.74) is 2.99. The number of aromatic nitrogens is 2. The molecule has 0 radical (unpaired) electrons. The smallest absolute Gasteiger partial charge is 0.229 e. The Morgan fingerprint density at radius 3 is 2.44 bits per heavy atom. The van der Waals surface area contributed by atoms with Crippen molar-refractivity contribution in [3.05, 3.63) is 59.7 Å². The van der Waals surface area contributed by atoms with E-state index < -0.39 is 0 Å². The number of benzene rings is 2. The van der Waals surface area contributed by atoms with Crippen molar-refractivity contribution in [1.29, 1.82) is 10.8 Å². The fourth-order valence-corrected chi connectivity index (χ4v) is 2.92. The second-order valence-corrected chi connectivity index (χ2v) is 6.24. The van der Waals surface area contributed by atoms with Gasteiger partial charge in [0.1, 0.15) is 5.82 Å². The third-order valence-corrected chi connectivity index (χ3v) is 4.09. The van der Waals surface area contributed by atoms with E-state index in [4.69, 9.17) is 10.8 Å². The quantitative estimate of drug-likeness (QED) is 0.557. The summed E-state index contributed by atoms with van der Waals surface area (Å²) in [4.78, 5) is 8.50. The standard InChI is InChI=1S/C19H22N6/c1-23(2)12-14-9-10-16-17(11-14)25(13-20)19(21)22-18(16)24(3)15-7-5-4-6-8-15/h4-11,13,20-21H,12H2,1-3H3. The fraction of sp³-hybridized carbons (Fsp3) is 0.211. The Hall–Kier alpha value is -2.99. The highest BCUT2D eigenvalue weighted by Gasteiger charge is 2.14. The van der Waals surface area contributed by atoms with Gasteiger partial charge in [-0.1, -0.05) is 24.3 Å². The molecule has 25 heavy (non-hydrogen) atoms. The average molecular weight is 334 g/mol. The zero-order chi connectivity index (χ0) is 18.0. The monoisotopic (exact) mass is 334 g/mol. The van der Waals surface area contributed by atoms with Crippen LogP contribution in [0.15, 0.2) is 48.5 Å². The van der Waals surface area contributed by atoms with Crippen molar-refractivity contribution in [1.82, 2.24) is 14.5 Å². The van der Waals surface area contributed by atoms with Crippen molar-refractivity contribution in [2.24, 2.45) is 0 Å². The number of hydrogen-bond acceptors (Lipinski definition) is 5. The molecular formula is C19H22N6. The third kappa shape index (κ3) is 3.29. The van der Waals surface area contributed by atoms with Gasteiger partial charge in [0.25, 0.3) is 0 Å². The Morgan fingerprint density at radius 2 is 1.80 bits per heavy atom. The molecule has 2 aromatic carbocycles. The molecule has 0 bridgehead atoms. The van der Waals surface area contributed by atoms with Gasteiger partial charge in [0, 0.05) is 24.7 Å². The van der Waals surface area contributed by atoms with Gasteiger partial charge in [0.15, 0.2) is 0 Å². The van der Waals surface area contributed by atoms with Gasteiger partial charge in [-0.25, -0.2) is 0 Å². The summed E-state index contributed by atoms with van der Waals surface area (Å²) in [5, 5.41) is 16.8. The van der Waals surface area contributed by atoms with E-state index in [1.807, 2.05) is 68.5 Å². The molecule has 0 aliphatic carbocycles. The van der Waals surface area contributed by atoms with Crippen LogP contribution < -0.4 is 10.5 Å². The lowest BCUT2D eigenvalue weighted by Crippen LogP contribution is -2.26. The number of nitrogens with zero attached hydrogens (tertiary/aromatic N) is 4. The molecule has 0 unspecified atom stereocenters. The van der Waals surface area contributed by atoms with Crippen LogP contribution in [0, 0.1) is 10.8 Å². The van der Waals surface area contributed by atoms with Crippen molar-refractivity contribution in [3.63, 3.8) is 0 Å². The molecule has 0 saturated carbocycles. The van der Waals surface area contributed by atoms with E-state index in [2.05, 4.69) is 16.0 Å². The topological polar surface area (TPSA) is 72.0 Å². The molecule has 0 atom stereocenters. The van der Waals surface area contributed by atoms with E-state index in [-0.39, 0.29) is 5.62 Å². The van der Waals surface area contributed by atoms with E-state index in [9.17, 15) is 0 Å². The summed E-state index contributed by atoms with van der Waals surface area (Å²) in [7, 11) is 5.98. The molecule has 3 aromatic rings. The SMILES string of the molecule is CN(C)Cc1ccc2c(N(C)c3ccccc3)nc(=N)n(C=N)c2c1. The minimum absolute atomic E-state index is 0.0438. The van der Waals surface area contributed by atoms with E-state index in [1.165, 1.54) is 4.57 Å². The maximum atomic E-state index is 8.23. The second kappa shape index (κ2) is 6.86. The highest BCUT2D eigenvalue weighted by molar-refractivity contribution is 5.94. The van der Waals surface area contributed by atoms with E-state index in [0.29, 0.717) is 5.82 Å². The Labute approximate surface area is 147 Å². The number of hydrogen-bond donors (Lipinski definition) is 2. The van der Waals surface area contributed by atoms with Gasteiger partial charge in [-0.2, -0.15) is 4.98 Å². The molecule has 0 amide bonds. The van der Waals surface area contributed by atoms with Crippen molar-refractivity contribution in [3.8, 4) is 0 Å². The van der Waals surface area contributed by atoms with Gasteiger partial charge >= 0.3 is 0 Å². The van der Waals surface area contributed by atoms with Crippen molar-refractivity contribution >= 4 is 28.7 Å². The largest absolute Gasteiger partial charge is 0.329 e. The number of nitrogens with one attached hydrogen (secondary N) is 2. The van der Waals surface area contributed by atoms with Crippen LogP contribution in [0.4, 0.5) is 11.5 Å². The Kier molecular flexibility index (Phi) is 4.63. The molecule has 6 nitrogen and oxygen atoms in total. The van der Waals surface area contributed by atoms with Gasteiger partial charge < -0.3 is 9.80 Å². The van der Waals surface area contributed by atoms with Gasteiger partial charge in [-0.15, -0.1) is 0 Å². The van der Waals surface area contributed by atoms with Crippen molar-refractivity contribution < 1.29 is 0 Å². The van der Waals surface area contributed by atoms with Crippen LogP contribution in [0.2, 0.25) is 0 Å². The lowest BCUT2D eigenvalue weighted by molar-refractivity contribution is 0.402. The van der Waals surface area contributed by atoms with Crippen molar-refractivity contribution in [2.45, 2.75) is 6.54 Å². The lowest BCUT2D eigenvalue weighted by Gasteiger charge is -2.21. The Balaban J connectivity index is 2.23. The number of fused-ring (bicyclic) bond motifs is 1. The van der Waals surface area contributed by atoms with Crippen molar-refractivity contribution in [2.75, 3.05) is 26.0 Å². The van der Waals surface area contributed by atoms with E-state index in [0.717, 1.165) is 35.0 Å². The molecule has 0 aliphatic heterocycles. The van der Waals surface area contributed by atoms with Crippen LogP contribution in [0.1, 0.15) is 5.56 Å². The van der Waals surface area contributed by atoms with E-state index in [1.54, 1.807) is 0 Å². The predicted octanol–water partition coefficient (Wildman–Crippen LogP) is 2.80. The lowest BCUT2D eigenvalue weighted by atomic mass is 10.1.